The average Bonchev–Trinajstić information content (AvgIpc) is 2.41. The highest BCUT2D eigenvalue weighted by molar-refractivity contribution is 5.38. The Kier molecular flexibility index (Phi) is 6.12. The third-order valence-corrected chi connectivity index (χ3v) is 2.28. The summed E-state index contributed by atoms with van der Waals surface area (Å²) in [4.78, 5) is 2.66. The summed E-state index contributed by atoms with van der Waals surface area (Å²) < 4.78 is 5.47. The fraction of sp³-hybridized carbons (Fsp3) is 0.417. The first kappa shape index (κ1) is 13.8. The van der Waals surface area contributed by atoms with Gasteiger partial charge in [0.25, 0.3) is 0 Å². The number of ether oxygens (including phenoxy) is 1. The molecule has 0 aliphatic carbocycles. The van der Waals surface area contributed by atoms with Gasteiger partial charge in [-0.1, -0.05) is 23.3 Å². The number of azide groups is 1. The average molecular weight is 245 g/mol. The Labute approximate surface area is 106 Å². The highest BCUT2D eigenvalue weighted by Crippen LogP contribution is 2.24. The van der Waals surface area contributed by atoms with E-state index >= 15 is 0 Å². The number of rotatable bonds is 7. The quantitative estimate of drug-likeness (QED) is 0.346. The molecule has 1 N–H and O–H groups in total. The summed E-state index contributed by atoms with van der Waals surface area (Å²) in [5.41, 5.74) is 8.96. The van der Waals surface area contributed by atoms with E-state index in [1.807, 2.05) is 31.2 Å². The third kappa shape index (κ3) is 3.98. The van der Waals surface area contributed by atoms with E-state index in [9.17, 15) is 0 Å². The Hall–Kier alpha value is -2.22. The number of hydrogen-bond acceptors (Lipinski definition) is 4. The molecule has 0 heterocycles. The standard InChI is InChI=1S/C12H15N5O/c1-2-18-12-6-4-3-5-10(12)11(9-13)15-7-8-16-17-14/h3-6,11,15H,2,7-8H2,1H3. The van der Waals surface area contributed by atoms with Crippen molar-refractivity contribution in [2.45, 2.75) is 13.0 Å². The summed E-state index contributed by atoms with van der Waals surface area (Å²) >= 11 is 0. The lowest BCUT2D eigenvalue weighted by molar-refractivity contribution is 0.334. The van der Waals surface area contributed by atoms with Crippen LogP contribution in [-0.2, 0) is 0 Å². The highest BCUT2D eigenvalue weighted by Gasteiger charge is 2.14. The summed E-state index contributed by atoms with van der Waals surface area (Å²) in [6, 6.07) is 9.10. The van der Waals surface area contributed by atoms with Gasteiger partial charge in [0.1, 0.15) is 11.8 Å². The summed E-state index contributed by atoms with van der Waals surface area (Å²) in [6.07, 6.45) is 0. The number of nitrogens with zero attached hydrogens (tertiary/aromatic N) is 4. The molecule has 0 aliphatic heterocycles. The number of nitrogens with one attached hydrogen (secondary N) is 1. The maximum Gasteiger partial charge on any atom is 0.125 e. The van der Waals surface area contributed by atoms with Crippen molar-refractivity contribution in [3.63, 3.8) is 0 Å². The van der Waals surface area contributed by atoms with Crippen LogP contribution in [-0.4, -0.2) is 19.7 Å². The molecule has 0 radical (unpaired) electrons. The van der Waals surface area contributed by atoms with E-state index in [0.29, 0.717) is 25.4 Å². The van der Waals surface area contributed by atoms with E-state index in [0.717, 1.165) is 5.56 Å². The van der Waals surface area contributed by atoms with E-state index in [1.165, 1.54) is 0 Å². The molecule has 1 aromatic rings. The van der Waals surface area contributed by atoms with Gasteiger partial charge < -0.3 is 4.74 Å². The van der Waals surface area contributed by atoms with Crippen molar-refractivity contribution in [1.29, 1.82) is 5.26 Å². The van der Waals surface area contributed by atoms with Crippen molar-refractivity contribution >= 4 is 0 Å². The van der Waals surface area contributed by atoms with E-state index in [-0.39, 0.29) is 0 Å². The minimum absolute atomic E-state index is 0.311. The zero-order valence-corrected chi connectivity index (χ0v) is 10.2. The maximum absolute atomic E-state index is 9.16. The first-order chi connectivity index (χ1) is 8.83. The molecule has 1 atom stereocenters. The molecular formula is C12H15N5O. The van der Waals surface area contributed by atoms with Crippen molar-refractivity contribution in [3.05, 3.63) is 40.3 Å². The van der Waals surface area contributed by atoms with Crippen LogP contribution in [0.1, 0.15) is 18.5 Å². The van der Waals surface area contributed by atoms with Crippen LogP contribution in [0.5, 0.6) is 5.75 Å². The third-order valence-electron chi connectivity index (χ3n) is 2.28. The normalized spacial score (nSPS) is 11.1. The molecule has 0 bridgehead atoms. The summed E-state index contributed by atoms with van der Waals surface area (Å²) in [5, 5.41) is 15.6. The van der Waals surface area contributed by atoms with Gasteiger partial charge in [-0.05, 0) is 18.5 Å². The van der Waals surface area contributed by atoms with E-state index in [4.69, 9.17) is 15.5 Å². The van der Waals surface area contributed by atoms with E-state index in [1.54, 1.807) is 0 Å². The second-order valence-electron chi connectivity index (χ2n) is 3.44. The molecule has 18 heavy (non-hydrogen) atoms. The molecule has 1 aromatic carbocycles. The van der Waals surface area contributed by atoms with Gasteiger partial charge in [-0.25, -0.2) is 0 Å². The lowest BCUT2D eigenvalue weighted by Gasteiger charge is -2.15. The molecule has 1 unspecified atom stereocenters. The van der Waals surface area contributed by atoms with Crippen LogP contribution in [0.3, 0.4) is 0 Å². The maximum atomic E-state index is 9.16. The molecule has 0 saturated heterocycles. The van der Waals surface area contributed by atoms with Crippen molar-refractivity contribution in [2.24, 2.45) is 5.11 Å². The van der Waals surface area contributed by atoms with Crippen molar-refractivity contribution in [3.8, 4) is 11.8 Å². The second-order valence-corrected chi connectivity index (χ2v) is 3.44. The van der Waals surface area contributed by atoms with Crippen molar-refractivity contribution in [1.82, 2.24) is 5.32 Å². The number of para-hydroxylation sites is 1. The van der Waals surface area contributed by atoms with Gasteiger partial charge in [0.15, 0.2) is 0 Å². The molecule has 0 spiro atoms. The molecule has 1 rings (SSSR count). The molecule has 0 aromatic heterocycles. The van der Waals surface area contributed by atoms with Gasteiger partial charge in [-0.15, -0.1) is 0 Å². The first-order valence-corrected chi connectivity index (χ1v) is 5.69. The van der Waals surface area contributed by atoms with Crippen LogP contribution in [0.2, 0.25) is 0 Å². The van der Waals surface area contributed by atoms with Gasteiger partial charge in [-0.2, -0.15) is 5.26 Å². The Morgan fingerprint density at radius 3 is 3.00 bits per heavy atom. The fourth-order valence-corrected chi connectivity index (χ4v) is 1.53. The van der Waals surface area contributed by atoms with Crippen LogP contribution in [0, 0.1) is 11.3 Å². The Balaban J connectivity index is 2.75. The minimum atomic E-state index is -0.471. The molecule has 6 heteroatoms. The van der Waals surface area contributed by atoms with Crippen LogP contribution in [0.15, 0.2) is 29.4 Å². The van der Waals surface area contributed by atoms with Crippen LogP contribution >= 0.6 is 0 Å². The Morgan fingerprint density at radius 1 is 1.56 bits per heavy atom. The number of benzene rings is 1. The molecule has 0 saturated carbocycles. The van der Waals surface area contributed by atoms with Gasteiger partial charge >= 0.3 is 0 Å². The zero-order chi connectivity index (χ0) is 13.2. The lowest BCUT2D eigenvalue weighted by Crippen LogP contribution is -2.23. The fourth-order valence-electron chi connectivity index (χ4n) is 1.53. The SMILES string of the molecule is CCOc1ccccc1C(C#N)NCCN=[N+]=[N-]. The van der Waals surface area contributed by atoms with Gasteiger partial charge in [0, 0.05) is 23.6 Å². The molecule has 0 aliphatic rings. The summed E-state index contributed by atoms with van der Waals surface area (Å²) in [6.45, 7) is 3.20. The number of nitriles is 1. The first-order valence-electron chi connectivity index (χ1n) is 5.69. The Bertz CT molecular complexity index is 462. The molecule has 0 fully saturated rings. The largest absolute Gasteiger partial charge is 0.493 e. The van der Waals surface area contributed by atoms with Crippen LogP contribution in [0.25, 0.3) is 10.4 Å². The van der Waals surface area contributed by atoms with E-state index in [2.05, 4.69) is 21.4 Å². The zero-order valence-electron chi connectivity index (χ0n) is 10.2. The molecule has 0 amide bonds. The minimum Gasteiger partial charge on any atom is -0.493 e. The second kappa shape index (κ2) is 7.96. The van der Waals surface area contributed by atoms with Crippen molar-refractivity contribution < 1.29 is 4.74 Å². The van der Waals surface area contributed by atoms with Crippen LogP contribution < -0.4 is 10.1 Å². The monoisotopic (exact) mass is 245 g/mol. The predicted molar refractivity (Wildman–Crippen MR) is 68.0 cm³/mol. The highest BCUT2D eigenvalue weighted by atomic mass is 16.5. The Morgan fingerprint density at radius 2 is 2.33 bits per heavy atom. The molecule has 6 nitrogen and oxygen atoms in total. The molecule has 94 valence electrons. The summed E-state index contributed by atoms with van der Waals surface area (Å²) in [5.74, 6) is 0.697. The van der Waals surface area contributed by atoms with E-state index < -0.39 is 6.04 Å². The lowest BCUT2D eigenvalue weighted by atomic mass is 10.1. The van der Waals surface area contributed by atoms with Crippen LogP contribution in [0.4, 0.5) is 0 Å². The number of hydrogen-bond donors (Lipinski definition) is 1. The summed E-state index contributed by atoms with van der Waals surface area (Å²) in [7, 11) is 0. The van der Waals surface area contributed by atoms with Gasteiger partial charge in [0.2, 0.25) is 0 Å². The molecular weight excluding hydrogens is 230 g/mol. The van der Waals surface area contributed by atoms with Gasteiger partial charge in [0.05, 0.1) is 12.7 Å². The van der Waals surface area contributed by atoms with Crippen molar-refractivity contribution in [2.75, 3.05) is 19.7 Å². The van der Waals surface area contributed by atoms with Gasteiger partial charge in [-0.3, -0.25) is 5.32 Å². The topological polar surface area (TPSA) is 93.8 Å². The smallest absolute Gasteiger partial charge is 0.125 e. The predicted octanol–water partition coefficient (Wildman–Crippen LogP) is 2.55.